The van der Waals surface area contributed by atoms with E-state index in [9.17, 15) is 0 Å². The average Bonchev–Trinajstić information content (AvgIpc) is 2.64. The van der Waals surface area contributed by atoms with Crippen molar-refractivity contribution in [3.05, 3.63) is 23.4 Å². The number of pyridine rings is 1. The van der Waals surface area contributed by atoms with Crippen LogP contribution in [0.1, 0.15) is 11.3 Å². The predicted octanol–water partition coefficient (Wildman–Crippen LogP) is 1.32. The lowest BCUT2D eigenvalue weighted by Gasteiger charge is -2.28. The van der Waals surface area contributed by atoms with Gasteiger partial charge in [0, 0.05) is 43.3 Å². The van der Waals surface area contributed by atoms with Crippen LogP contribution in [0.15, 0.2) is 12.1 Å². The van der Waals surface area contributed by atoms with E-state index in [4.69, 9.17) is 4.98 Å². The van der Waals surface area contributed by atoms with E-state index in [0.29, 0.717) is 0 Å². The summed E-state index contributed by atoms with van der Waals surface area (Å²) in [5.41, 5.74) is 2.75. The lowest BCUT2D eigenvalue weighted by atomic mass is 10.1. The molecule has 17 heavy (non-hydrogen) atoms. The molecular formula is C13H19N3S. The second kappa shape index (κ2) is 5.27. The molecule has 0 amide bonds. The first-order valence-electron chi connectivity index (χ1n) is 6.46. The van der Waals surface area contributed by atoms with Crippen molar-refractivity contribution in [3.8, 4) is 0 Å². The van der Waals surface area contributed by atoms with Crippen molar-refractivity contribution in [1.29, 1.82) is 0 Å². The minimum Gasteiger partial charge on any atom is -0.355 e. The zero-order valence-corrected chi connectivity index (χ0v) is 10.9. The van der Waals surface area contributed by atoms with Crippen molar-refractivity contribution in [2.75, 3.05) is 42.6 Å². The van der Waals surface area contributed by atoms with Gasteiger partial charge < -0.3 is 10.2 Å². The van der Waals surface area contributed by atoms with Crippen LogP contribution in [-0.2, 0) is 12.8 Å². The number of nitrogens with zero attached hydrogens (tertiary/aromatic N) is 2. The zero-order chi connectivity index (χ0) is 11.5. The van der Waals surface area contributed by atoms with E-state index in [0.717, 1.165) is 39.0 Å². The molecular weight excluding hydrogens is 230 g/mol. The van der Waals surface area contributed by atoms with E-state index in [1.54, 1.807) is 0 Å². The Morgan fingerprint density at radius 2 is 1.94 bits per heavy atom. The van der Waals surface area contributed by atoms with E-state index < -0.39 is 0 Å². The van der Waals surface area contributed by atoms with Crippen molar-refractivity contribution < 1.29 is 0 Å². The van der Waals surface area contributed by atoms with Gasteiger partial charge in [0.2, 0.25) is 0 Å². The molecule has 1 aromatic rings. The molecule has 4 heteroatoms. The van der Waals surface area contributed by atoms with E-state index in [1.807, 2.05) is 11.8 Å². The summed E-state index contributed by atoms with van der Waals surface area (Å²) in [7, 11) is 0. The molecule has 0 unspecified atom stereocenters. The van der Waals surface area contributed by atoms with E-state index >= 15 is 0 Å². The van der Waals surface area contributed by atoms with Crippen molar-refractivity contribution in [2.45, 2.75) is 12.8 Å². The quantitative estimate of drug-likeness (QED) is 0.812. The van der Waals surface area contributed by atoms with Gasteiger partial charge in [0.05, 0.1) is 0 Å². The molecule has 2 aliphatic rings. The largest absolute Gasteiger partial charge is 0.355 e. The third-order valence-corrected chi connectivity index (χ3v) is 4.44. The molecule has 2 aliphatic heterocycles. The highest BCUT2D eigenvalue weighted by Crippen LogP contribution is 2.20. The SMILES string of the molecule is c1cc2c(nc1N1CCSCC1)CCNCC2. The molecule has 3 nitrogen and oxygen atoms in total. The molecule has 0 aliphatic carbocycles. The number of thioether (sulfide) groups is 1. The van der Waals surface area contributed by atoms with Gasteiger partial charge in [-0.05, 0) is 24.6 Å². The number of hydrogen-bond donors (Lipinski definition) is 1. The monoisotopic (exact) mass is 249 g/mol. The lowest BCUT2D eigenvalue weighted by molar-refractivity contribution is 0.708. The third-order valence-electron chi connectivity index (χ3n) is 3.50. The van der Waals surface area contributed by atoms with Gasteiger partial charge in [-0.25, -0.2) is 4.98 Å². The fraction of sp³-hybridized carbons (Fsp3) is 0.615. The fourth-order valence-electron chi connectivity index (χ4n) is 2.49. The van der Waals surface area contributed by atoms with Crippen LogP contribution in [0.25, 0.3) is 0 Å². The molecule has 1 saturated heterocycles. The lowest BCUT2D eigenvalue weighted by Crippen LogP contribution is -2.33. The normalized spacial score (nSPS) is 20.8. The smallest absolute Gasteiger partial charge is 0.128 e. The number of aromatic nitrogens is 1. The minimum atomic E-state index is 1.07. The predicted molar refractivity (Wildman–Crippen MR) is 74.1 cm³/mol. The standard InChI is InChI=1S/C13H19N3S/c1-2-13(16-7-9-17-10-8-16)15-12-4-6-14-5-3-11(1)12/h1-2,14H,3-10H2. The maximum Gasteiger partial charge on any atom is 0.128 e. The van der Waals surface area contributed by atoms with E-state index in [2.05, 4.69) is 22.3 Å². The summed E-state index contributed by atoms with van der Waals surface area (Å²) in [5.74, 6) is 3.66. The first-order chi connectivity index (χ1) is 8.43. The highest BCUT2D eigenvalue weighted by atomic mass is 32.2. The number of anilines is 1. The summed E-state index contributed by atoms with van der Waals surface area (Å²) in [6.07, 6.45) is 2.20. The molecule has 0 atom stereocenters. The van der Waals surface area contributed by atoms with Crippen molar-refractivity contribution in [3.63, 3.8) is 0 Å². The van der Waals surface area contributed by atoms with Crippen LogP contribution in [0.2, 0.25) is 0 Å². The topological polar surface area (TPSA) is 28.2 Å². The van der Waals surface area contributed by atoms with E-state index in [1.165, 1.54) is 28.6 Å². The van der Waals surface area contributed by atoms with Crippen LogP contribution in [0.5, 0.6) is 0 Å². The Morgan fingerprint density at radius 1 is 1.12 bits per heavy atom. The van der Waals surface area contributed by atoms with Crippen molar-refractivity contribution in [2.24, 2.45) is 0 Å². The minimum absolute atomic E-state index is 1.07. The third kappa shape index (κ3) is 2.58. The van der Waals surface area contributed by atoms with Gasteiger partial charge >= 0.3 is 0 Å². The number of hydrogen-bond acceptors (Lipinski definition) is 4. The fourth-order valence-corrected chi connectivity index (χ4v) is 3.39. The van der Waals surface area contributed by atoms with Crippen LogP contribution < -0.4 is 10.2 Å². The van der Waals surface area contributed by atoms with Gasteiger partial charge in [-0.1, -0.05) is 6.07 Å². The number of nitrogens with one attached hydrogen (secondary N) is 1. The van der Waals surface area contributed by atoms with Crippen LogP contribution >= 0.6 is 11.8 Å². The second-order valence-electron chi connectivity index (χ2n) is 4.62. The molecule has 0 spiro atoms. The summed E-state index contributed by atoms with van der Waals surface area (Å²) in [4.78, 5) is 7.30. The Labute approximate surface area is 107 Å². The average molecular weight is 249 g/mol. The summed E-state index contributed by atoms with van der Waals surface area (Å²) >= 11 is 2.05. The highest BCUT2D eigenvalue weighted by molar-refractivity contribution is 7.99. The Morgan fingerprint density at radius 3 is 2.82 bits per heavy atom. The Kier molecular flexibility index (Phi) is 3.52. The Bertz CT molecular complexity index is 388. The summed E-state index contributed by atoms with van der Waals surface area (Å²) in [5, 5.41) is 3.44. The van der Waals surface area contributed by atoms with Gasteiger partial charge in [-0.2, -0.15) is 11.8 Å². The van der Waals surface area contributed by atoms with Gasteiger partial charge in [0.15, 0.2) is 0 Å². The molecule has 92 valence electrons. The van der Waals surface area contributed by atoms with Gasteiger partial charge in [-0.3, -0.25) is 0 Å². The molecule has 1 N–H and O–H groups in total. The Hall–Kier alpha value is -0.740. The summed E-state index contributed by atoms with van der Waals surface area (Å²) < 4.78 is 0. The maximum absolute atomic E-state index is 4.87. The zero-order valence-electron chi connectivity index (χ0n) is 10.1. The summed E-state index contributed by atoms with van der Waals surface area (Å²) in [6.45, 7) is 4.46. The molecule has 3 rings (SSSR count). The Balaban J connectivity index is 1.83. The summed E-state index contributed by atoms with van der Waals surface area (Å²) in [6, 6.07) is 4.49. The number of rotatable bonds is 1. The first-order valence-corrected chi connectivity index (χ1v) is 7.61. The first kappa shape index (κ1) is 11.4. The van der Waals surface area contributed by atoms with E-state index in [-0.39, 0.29) is 0 Å². The van der Waals surface area contributed by atoms with Crippen LogP contribution in [0.4, 0.5) is 5.82 Å². The van der Waals surface area contributed by atoms with Crippen LogP contribution in [0, 0.1) is 0 Å². The highest BCUT2D eigenvalue weighted by Gasteiger charge is 2.15. The molecule has 0 aromatic carbocycles. The molecule has 0 bridgehead atoms. The maximum atomic E-state index is 4.87. The molecule has 1 fully saturated rings. The molecule has 1 aromatic heterocycles. The molecule has 3 heterocycles. The van der Waals surface area contributed by atoms with Crippen LogP contribution in [0.3, 0.4) is 0 Å². The molecule has 0 radical (unpaired) electrons. The van der Waals surface area contributed by atoms with Crippen molar-refractivity contribution >= 4 is 17.6 Å². The second-order valence-corrected chi connectivity index (χ2v) is 5.85. The van der Waals surface area contributed by atoms with Gasteiger partial charge in [0.1, 0.15) is 5.82 Å². The van der Waals surface area contributed by atoms with Crippen LogP contribution in [-0.4, -0.2) is 42.7 Å². The van der Waals surface area contributed by atoms with Gasteiger partial charge in [-0.15, -0.1) is 0 Å². The number of fused-ring (bicyclic) bond motifs is 1. The van der Waals surface area contributed by atoms with Gasteiger partial charge in [0.25, 0.3) is 0 Å². The van der Waals surface area contributed by atoms with Crippen molar-refractivity contribution in [1.82, 2.24) is 10.3 Å². The molecule has 0 saturated carbocycles.